The molecule has 0 saturated carbocycles. The molecule has 0 bridgehead atoms. The van der Waals surface area contributed by atoms with E-state index in [1.54, 1.807) is 19.1 Å². The minimum Gasteiger partial charge on any atom is -0.468 e. The van der Waals surface area contributed by atoms with Crippen LogP contribution in [0.25, 0.3) is 0 Å². The highest BCUT2D eigenvalue weighted by Crippen LogP contribution is 2.29. The number of halogens is 3. The van der Waals surface area contributed by atoms with Crippen molar-refractivity contribution >= 4 is 15.9 Å². The first-order valence-corrected chi connectivity index (χ1v) is 11.0. The molecular formula is C22H21F3N2O4S. The zero-order valence-electron chi connectivity index (χ0n) is 17.3. The molecular weight excluding hydrogens is 445 g/mol. The molecule has 0 aliphatic rings. The van der Waals surface area contributed by atoms with Crippen molar-refractivity contribution in [3.8, 4) is 0 Å². The summed E-state index contributed by atoms with van der Waals surface area (Å²) >= 11 is 0. The van der Waals surface area contributed by atoms with E-state index in [2.05, 4.69) is 4.72 Å². The standard InChI is InChI=1S/C22H21F3N2O4S/c1-15-5-10-19(32(29,30)26-13-18-4-3-11-31-18)12-20(15)21(28)27(2)14-16-6-8-17(9-7-16)22(23,24)25/h3-12,26H,13-14H2,1-2H3. The number of carbonyl (C=O) groups is 1. The van der Waals surface area contributed by atoms with Crippen LogP contribution in [0.15, 0.2) is 70.2 Å². The van der Waals surface area contributed by atoms with E-state index in [4.69, 9.17) is 4.42 Å². The van der Waals surface area contributed by atoms with Crippen LogP contribution in [0.2, 0.25) is 0 Å². The third-order valence-corrected chi connectivity index (χ3v) is 6.21. The predicted molar refractivity (Wildman–Crippen MR) is 111 cm³/mol. The van der Waals surface area contributed by atoms with Crippen molar-refractivity contribution in [3.05, 3.63) is 88.9 Å². The number of furan rings is 1. The molecule has 2 aromatic carbocycles. The highest BCUT2D eigenvalue weighted by molar-refractivity contribution is 7.89. The van der Waals surface area contributed by atoms with Crippen LogP contribution in [-0.4, -0.2) is 26.3 Å². The van der Waals surface area contributed by atoms with E-state index in [1.165, 1.54) is 48.5 Å². The first-order chi connectivity index (χ1) is 15.0. The molecule has 0 aliphatic carbocycles. The fourth-order valence-electron chi connectivity index (χ4n) is 3.01. The Balaban J connectivity index is 1.75. The topological polar surface area (TPSA) is 79.6 Å². The zero-order valence-corrected chi connectivity index (χ0v) is 18.1. The molecule has 10 heteroatoms. The highest BCUT2D eigenvalue weighted by Gasteiger charge is 2.30. The quantitative estimate of drug-likeness (QED) is 0.561. The minimum absolute atomic E-state index is 0.0414. The lowest BCUT2D eigenvalue weighted by Gasteiger charge is -2.19. The van der Waals surface area contributed by atoms with Gasteiger partial charge in [-0.1, -0.05) is 18.2 Å². The molecule has 32 heavy (non-hydrogen) atoms. The molecule has 0 radical (unpaired) electrons. The maximum Gasteiger partial charge on any atom is 0.416 e. The van der Waals surface area contributed by atoms with Gasteiger partial charge in [-0.3, -0.25) is 4.79 Å². The lowest BCUT2D eigenvalue weighted by Crippen LogP contribution is -2.28. The smallest absolute Gasteiger partial charge is 0.416 e. The van der Waals surface area contributed by atoms with Crippen LogP contribution in [-0.2, 0) is 29.3 Å². The summed E-state index contributed by atoms with van der Waals surface area (Å²) in [6.45, 7) is 1.69. The van der Waals surface area contributed by atoms with Gasteiger partial charge in [0, 0.05) is 19.2 Å². The highest BCUT2D eigenvalue weighted by atomic mass is 32.2. The normalized spacial score (nSPS) is 12.0. The molecule has 1 heterocycles. The second-order valence-corrected chi connectivity index (χ2v) is 9.00. The Labute approximate surface area is 183 Å². The number of sulfonamides is 1. The number of nitrogens with one attached hydrogen (secondary N) is 1. The van der Waals surface area contributed by atoms with E-state index in [-0.39, 0.29) is 23.5 Å². The second-order valence-electron chi connectivity index (χ2n) is 7.24. The van der Waals surface area contributed by atoms with Gasteiger partial charge < -0.3 is 9.32 Å². The summed E-state index contributed by atoms with van der Waals surface area (Å²) in [6.07, 6.45) is -3.01. The molecule has 1 N–H and O–H groups in total. The summed E-state index contributed by atoms with van der Waals surface area (Å²) in [7, 11) is -2.40. The van der Waals surface area contributed by atoms with E-state index in [9.17, 15) is 26.4 Å². The Morgan fingerprint density at radius 1 is 1.09 bits per heavy atom. The third kappa shape index (κ3) is 5.57. The largest absolute Gasteiger partial charge is 0.468 e. The fraction of sp³-hybridized carbons (Fsp3) is 0.227. The van der Waals surface area contributed by atoms with Crippen LogP contribution in [0.1, 0.15) is 32.8 Å². The van der Waals surface area contributed by atoms with Crippen molar-refractivity contribution in [3.63, 3.8) is 0 Å². The molecule has 0 atom stereocenters. The number of carbonyl (C=O) groups excluding carboxylic acids is 1. The maximum atomic E-state index is 12.9. The average molecular weight is 466 g/mol. The maximum absolute atomic E-state index is 12.9. The molecule has 3 rings (SSSR count). The van der Waals surface area contributed by atoms with Crippen LogP contribution in [0.3, 0.4) is 0 Å². The zero-order chi connectivity index (χ0) is 23.5. The van der Waals surface area contributed by atoms with Crippen molar-refractivity contribution in [1.82, 2.24) is 9.62 Å². The van der Waals surface area contributed by atoms with Gasteiger partial charge in [0.25, 0.3) is 5.91 Å². The average Bonchev–Trinajstić information content (AvgIpc) is 3.25. The number of alkyl halides is 3. The molecule has 6 nitrogen and oxygen atoms in total. The molecule has 0 unspecified atom stereocenters. The summed E-state index contributed by atoms with van der Waals surface area (Å²) in [4.78, 5) is 14.2. The van der Waals surface area contributed by atoms with Gasteiger partial charge in [-0.2, -0.15) is 13.2 Å². The van der Waals surface area contributed by atoms with Gasteiger partial charge in [0.15, 0.2) is 0 Å². The minimum atomic E-state index is -4.44. The lowest BCUT2D eigenvalue weighted by molar-refractivity contribution is -0.137. The lowest BCUT2D eigenvalue weighted by atomic mass is 10.1. The van der Waals surface area contributed by atoms with Crippen molar-refractivity contribution in [2.75, 3.05) is 7.05 Å². The number of rotatable bonds is 7. The number of hydrogen-bond acceptors (Lipinski definition) is 4. The van der Waals surface area contributed by atoms with Crippen molar-refractivity contribution < 1.29 is 30.8 Å². The van der Waals surface area contributed by atoms with Gasteiger partial charge in [0.05, 0.1) is 23.3 Å². The van der Waals surface area contributed by atoms with Gasteiger partial charge >= 0.3 is 6.18 Å². The molecule has 3 aromatic rings. The molecule has 0 saturated heterocycles. The van der Waals surface area contributed by atoms with Crippen LogP contribution < -0.4 is 4.72 Å². The molecule has 1 amide bonds. The van der Waals surface area contributed by atoms with E-state index < -0.39 is 27.7 Å². The summed E-state index contributed by atoms with van der Waals surface area (Å²) < 4.78 is 70.9. The number of amides is 1. The first kappa shape index (κ1) is 23.6. The summed E-state index contributed by atoms with van der Waals surface area (Å²) in [5, 5.41) is 0. The molecule has 170 valence electrons. The van der Waals surface area contributed by atoms with E-state index >= 15 is 0 Å². The number of aryl methyl sites for hydroxylation is 1. The fourth-order valence-corrected chi connectivity index (χ4v) is 4.03. The number of hydrogen-bond donors (Lipinski definition) is 1. The SMILES string of the molecule is Cc1ccc(S(=O)(=O)NCc2ccco2)cc1C(=O)N(C)Cc1ccc(C(F)(F)F)cc1. The van der Waals surface area contributed by atoms with Gasteiger partial charge in [-0.05, 0) is 54.4 Å². The van der Waals surface area contributed by atoms with Crippen molar-refractivity contribution in [2.24, 2.45) is 0 Å². The van der Waals surface area contributed by atoms with E-state index in [0.717, 1.165) is 12.1 Å². The van der Waals surface area contributed by atoms with Crippen LogP contribution in [0.4, 0.5) is 13.2 Å². The molecule has 0 fully saturated rings. The number of benzene rings is 2. The summed E-state index contributed by atoms with van der Waals surface area (Å²) in [5.74, 6) is -0.0151. The summed E-state index contributed by atoms with van der Waals surface area (Å²) in [5.41, 5.74) is 0.487. The van der Waals surface area contributed by atoms with Gasteiger partial charge in [0.1, 0.15) is 5.76 Å². The molecule has 0 spiro atoms. The third-order valence-electron chi connectivity index (χ3n) is 4.81. The van der Waals surface area contributed by atoms with Crippen LogP contribution in [0.5, 0.6) is 0 Å². The monoisotopic (exact) mass is 466 g/mol. The van der Waals surface area contributed by atoms with Crippen LogP contribution in [0, 0.1) is 6.92 Å². The Kier molecular flexibility index (Phi) is 6.75. The second kappa shape index (κ2) is 9.17. The van der Waals surface area contributed by atoms with Gasteiger partial charge in [0.2, 0.25) is 10.0 Å². The number of nitrogens with zero attached hydrogens (tertiary/aromatic N) is 1. The van der Waals surface area contributed by atoms with Crippen molar-refractivity contribution in [2.45, 2.75) is 31.1 Å². The Hall–Kier alpha value is -3.11. The van der Waals surface area contributed by atoms with Crippen molar-refractivity contribution in [1.29, 1.82) is 0 Å². The molecule has 0 aliphatic heterocycles. The first-order valence-electron chi connectivity index (χ1n) is 9.51. The Morgan fingerprint density at radius 2 is 1.78 bits per heavy atom. The summed E-state index contributed by atoms with van der Waals surface area (Å²) in [6, 6.07) is 12.0. The molecule has 1 aromatic heterocycles. The van der Waals surface area contributed by atoms with Gasteiger partial charge in [-0.25, -0.2) is 13.1 Å². The van der Waals surface area contributed by atoms with E-state index in [1.807, 2.05) is 0 Å². The van der Waals surface area contributed by atoms with Gasteiger partial charge in [-0.15, -0.1) is 0 Å². The van der Waals surface area contributed by atoms with Crippen LogP contribution >= 0.6 is 0 Å². The Morgan fingerprint density at radius 3 is 2.38 bits per heavy atom. The van der Waals surface area contributed by atoms with E-state index in [0.29, 0.717) is 16.9 Å². The predicted octanol–water partition coefficient (Wildman–Crippen LogP) is 4.36. The Bertz CT molecular complexity index is 1190.